The number of hydrogen-bond acceptors (Lipinski definition) is 3. The fourth-order valence-corrected chi connectivity index (χ4v) is 2.03. The molecule has 1 N–H and O–H groups in total. The van der Waals surface area contributed by atoms with E-state index in [2.05, 4.69) is 0 Å². The first-order chi connectivity index (χ1) is 9.65. The van der Waals surface area contributed by atoms with E-state index in [9.17, 15) is 9.59 Å². The van der Waals surface area contributed by atoms with Crippen LogP contribution in [0.3, 0.4) is 0 Å². The molecule has 0 radical (unpaired) electrons. The Labute approximate surface area is 113 Å². The number of carboxylic acid groups (broad SMARTS) is 1. The first-order valence-electron chi connectivity index (χ1n) is 6.02. The summed E-state index contributed by atoms with van der Waals surface area (Å²) in [4.78, 5) is 23.0. The van der Waals surface area contributed by atoms with E-state index < -0.39 is 5.97 Å². The van der Waals surface area contributed by atoms with Crippen molar-refractivity contribution in [3.8, 4) is 11.3 Å². The zero-order valence-electron chi connectivity index (χ0n) is 10.4. The maximum absolute atomic E-state index is 12.1. The summed E-state index contributed by atoms with van der Waals surface area (Å²) in [5, 5.41) is 9.20. The average Bonchev–Trinajstić information content (AvgIpc) is 2.47. The van der Waals surface area contributed by atoms with E-state index in [0.29, 0.717) is 11.3 Å². The summed E-state index contributed by atoms with van der Waals surface area (Å²) in [6, 6.07) is 14.9. The van der Waals surface area contributed by atoms with E-state index in [1.807, 2.05) is 30.3 Å². The maximum atomic E-state index is 12.1. The van der Waals surface area contributed by atoms with Crippen molar-refractivity contribution in [3.63, 3.8) is 0 Å². The van der Waals surface area contributed by atoms with Crippen LogP contribution in [-0.2, 0) is 0 Å². The molecule has 4 nitrogen and oxygen atoms in total. The molecule has 3 rings (SSSR count). The van der Waals surface area contributed by atoms with Gasteiger partial charge in [-0.15, -0.1) is 0 Å². The van der Waals surface area contributed by atoms with Gasteiger partial charge in [0, 0.05) is 11.6 Å². The normalized spacial score (nSPS) is 10.6. The number of carbonyl (C=O) groups is 1. The van der Waals surface area contributed by atoms with Gasteiger partial charge in [0.1, 0.15) is 11.3 Å². The summed E-state index contributed by atoms with van der Waals surface area (Å²) in [6.45, 7) is 0. The van der Waals surface area contributed by atoms with Crippen molar-refractivity contribution in [2.45, 2.75) is 0 Å². The predicted molar refractivity (Wildman–Crippen MR) is 74.9 cm³/mol. The summed E-state index contributed by atoms with van der Waals surface area (Å²) >= 11 is 0. The summed E-state index contributed by atoms with van der Waals surface area (Å²) in [7, 11) is 0. The van der Waals surface area contributed by atoms with Crippen molar-refractivity contribution in [2.24, 2.45) is 0 Å². The Balaban J connectivity index is 2.24. The van der Waals surface area contributed by atoms with Crippen LogP contribution in [0.15, 0.2) is 63.8 Å². The van der Waals surface area contributed by atoms with Crippen LogP contribution in [0.25, 0.3) is 22.3 Å². The van der Waals surface area contributed by atoms with Crippen molar-refractivity contribution < 1.29 is 14.3 Å². The molecule has 20 heavy (non-hydrogen) atoms. The van der Waals surface area contributed by atoms with Gasteiger partial charge >= 0.3 is 5.97 Å². The minimum absolute atomic E-state index is 0.0669. The Bertz CT molecular complexity index is 847. The summed E-state index contributed by atoms with van der Waals surface area (Å²) in [5.41, 5.74) is 0.987. The predicted octanol–water partition coefficient (Wildman–Crippen LogP) is 3.16. The van der Waals surface area contributed by atoms with E-state index in [1.54, 1.807) is 0 Å². The van der Waals surface area contributed by atoms with Crippen LogP contribution in [0, 0.1) is 0 Å². The highest BCUT2D eigenvalue weighted by atomic mass is 16.4. The van der Waals surface area contributed by atoms with Gasteiger partial charge in [-0.2, -0.15) is 0 Å². The molecular weight excluding hydrogens is 256 g/mol. The van der Waals surface area contributed by atoms with Gasteiger partial charge in [-0.25, -0.2) is 4.79 Å². The zero-order valence-corrected chi connectivity index (χ0v) is 10.4. The zero-order chi connectivity index (χ0) is 14.1. The van der Waals surface area contributed by atoms with Gasteiger partial charge in [-0.1, -0.05) is 30.3 Å². The molecule has 0 bridgehead atoms. The molecule has 0 saturated carbocycles. The molecule has 0 unspecified atom stereocenters. The third-order valence-electron chi connectivity index (χ3n) is 3.03. The Morgan fingerprint density at radius 2 is 1.75 bits per heavy atom. The lowest BCUT2D eigenvalue weighted by Crippen LogP contribution is -2.03. The van der Waals surface area contributed by atoms with Gasteiger partial charge in [-0.05, 0) is 18.2 Å². The standard InChI is InChI=1S/C16H10O4/c17-13-9-15(10-4-2-1-3-5-10)20-14-7-6-11(16(18)19)8-12(13)14/h1-9H,(H,18,19). The number of hydrogen-bond donors (Lipinski definition) is 1. The molecular formula is C16H10O4. The molecule has 1 aromatic heterocycles. The second kappa shape index (κ2) is 4.66. The van der Waals surface area contributed by atoms with Crippen molar-refractivity contribution in [1.29, 1.82) is 0 Å². The van der Waals surface area contributed by atoms with E-state index in [4.69, 9.17) is 9.52 Å². The van der Waals surface area contributed by atoms with E-state index >= 15 is 0 Å². The van der Waals surface area contributed by atoms with E-state index in [0.717, 1.165) is 5.56 Å². The molecule has 0 atom stereocenters. The molecule has 0 aliphatic rings. The SMILES string of the molecule is O=C(O)c1ccc2oc(-c3ccccc3)cc(=O)c2c1. The third-order valence-corrected chi connectivity index (χ3v) is 3.03. The number of benzene rings is 2. The van der Waals surface area contributed by atoms with E-state index in [-0.39, 0.29) is 16.4 Å². The quantitative estimate of drug-likeness (QED) is 0.773. The van der Waals surface area contributed by atoms with Crippen molar-refractivity contribution in [1.82, 2.24) is 0 Å². The molecule has 1 heterocycles. The van der Waals surface area contributed by atoms with Crippen LogP contribution in [0.2, 0.25) is 0 Å². The molecule has 0 aliphatic carbocycles. The van der Waals surface area contributed by atoms with Crippen LogP contribution >= 0.6 is 0 Å². The average molecular weight is 266 g/mol. The van der Waals surface area contributed by atoms with Gasteiger partial charge in [0.2, 0.25) is 0 Å². The molecule has 0 spiro atoms. The molecule has 0 fully saturated rings. The highest BCUT2D eigenvalue weighted by molar-refractivity contribution is 5.93. The summed E-state index contributed by atoms with van der Waals surface area (Å²) < 4.78 is 5.67. The lowest BCUT2D eigenvalue weighted by molar-refractivity contribution is 0.0697. The maximum Gasteiger partial charge on any atom is 0.335 e. The van der Waals surface area contributed by atoms with Crippen molar-refractivity contribution >= 4 is 16.9 Å². The molecule has 3 aromatic rings. The molecule has 4 heteroatoms. The first-order valence-corrected chi connectivity index (χ1v) is 6.02. The van der Waals surface area contributed by atoms with Crippen LogP contribution in [0.5, 0.6) is 0 Å². The number of aromatic carboxylic acids is 1. The molecule has 98 valence electrons. The third kappa shape index (κ3) is 2.07. The summed E-state index contributed by atoms with van der Waals surface area (Å²) in [6.07, 6.45) is 0. The fraction of sp³-hybridized carbons (Fsp3) is 0. The smallest absolute Gasteiger partial charge is 0.335 e. The molecule has 0 amide bonds. The van der Waals surface area contributed by atoms with Crippen LogP contribution in [-0.4, -0.2) is 11.1 Å². The number of rotatable bonds is 2. The van der Waals surface area contributed by atoms with Gasteiger partial charge in [0.05, 0.1) is 10.9 Å². The molecule has 2 aromatic carbocycles. The Hall–Kier alpha value is -2.88. The highest BCUT2D eigenvalue weighted by Crippen LogP contribution is 2.22. The van der Waals surface area contributed by atoms with Gasteiger partial charge in [0.25, 0.3) is 0 Å². The van der Waals surface area contributed by atoms with Gasteiger partial charge in [-0.3, -0.25) is 4.79 Å². The Morgan fingerprint density at radius 1 is 1.00 bits per heavy atom. The fourth-order valence-electron chi connectivity index (χ4n) is 2.03. The minimum atomic E-state index is -1.07. The monoisotopic (exact) mass is 266 g/mol. The molecule has 0 aliphatic heterocycles. The van der Waals surface area contributed by atoms with Crippen LogP contribution < -0.4 is 5.43 Å². The lowest BCUT2D eigenvalue weighted by atomic mass is 10.1. The van der Waals surface area contributed by atoms with Gasteiger partial charge in [0.15, 0.2) is 5.43 Å². The van der Waals surface area contributed by atoms with Crippen LogP contribution in [0.1, 0.15) is 10.4 Å². The lowest BCUT2D eigenvalue weighted by Gasteiger charge is -2.03. The van der Waals surface area contributed by atoms with Crippen molar-refractivity contribution in [2.75, 3.05) is 0 Å². The van der Waals surface area contributed by atoms with Gasteiger partial charge < -0.3 is 9.52 Å². The number of fused-ring (bicyclic) bond motifs is 1. The number of carboxylic acids is 1. The van der Waals surface area contributed by atoms with Crippen molar-refractivity contribution in [3.05, 3.63) is 70.4 Å². The summed E-state index contributed by atoms with van der Waals surface area (Å²) in [5.74, 6) is -0.607. The van der Waals surface area contributed by atoms with E-state index in [1.165, 1.54) is 24.3 Å². The topological polar surface area (TPSA) is 67.5 Å². The second-order valence-corrected chi connectivity index (χ2v) is 4.36. The second-order valence-electron chi connectivity index (χ2n) is 4.36. The highest BCUT2D eigenvalue weighted by Gasteiger charge is 2.10. The Kier molecular flexibility index (Phi) is 2.84. The molecule has 0 saturated heterocycles. The minimum Gasteiger partial charge on any atom is -0.478 e. The first kappa shape index (κ1) is 12.2. The van der Waals surface area contributed by atoms with Crippen LogP contribution in [0.4, 0.5) is 0 Å². The Morgan fingerprint density at radius 3 is 2.45 bits per heavy atom. The largest absolute Gasteiger partial charge is 0.478 e.